The van der Waals surface area contributed by atoms with Crippen molar-refractivity contribution in [2.24, 2.45) is 0 Å². The Morgan fingerprint density at radius 2 is 1.42 bits per heavy atom. The first kappa shape index (κ1) is 6.35. The van der Waals surface area contributed by atoms with Crippen molar-refractivity contribution in [3.8, 4) is 0 Å². The predicted molar refractivity (Wildman–Crippen MR) is 42.5 cm³/mol. The molecule has 3 aliphatic carbocycles. The maximum absolute atomic E-state index is 11.5. The number of hydrogen-bond acceptors (Lipinski definition) is 2. The Labute approximate surface area is 70.0 Å². The second kappa shape index (κ2) is 1.76. The van der Waals surface area contributed by atoms with Gasteiger partial charge in [0.1, 0.15) is 0 Å². The van der Waals surface area contributed by atoms with E-state index in [2.05, 4.69) is 0 Å². The predicted octanol–water partition coefficient (Wildman–Crippen LogP) is 1.32. The van der Waals surface area contributed by atoms with Gasteiger partial charge in [-0.05, 0) is 24.8 Å². The van der Waals surface area contributed by atoms with E-state index < -0.39 is 0 Å². The summed E-state index contributed by atoms with van der Waals surface area (Å²) in [6, 6.07) is 0. The van der Waals surface area contributed by atoms with Crippen LogP contribution in [-0.2, 0) is 9.59 Å². The summed E-state index contributed by atoms with van der Waals surface area (Å²) >= 11 is 0. The van der Waals surface area contributed by atoms with E-state index in [4.69, 9.17) is 0 Å². The molecule has 0 atom stereocenters. The zero-order valence-electron chi connectivity index (χ0n) is 6.64. The highest BCUT2D eigenvalue weighted by Gasteiger charge is 2.42. The molecule has 2 nitrogen and oxygen atoms in total. The molecule has 0 N–H and O–H groups in total. The smallest absolute Gasteiger partial charge is 0.186 e. The second-order valence-electron chi connectivity index (χ2n) is 3.56. The van der Waals surface area contributed by atoms with Crippen LogP contribution in [0.1, 0.15) is 25.7 Å². The highest BCUT2D eigenvalue weighted by atomic mass is 16.1. The lowest BCUT2D eigenvalue weighted by Crippen LogP contribution is -1.98. The zero-order valence-corrected chi connectivity index (χ0v) is 6.64. The number of carbonyl (C=O) groups is 2. The molecule has 3 aliphatic rings. The summed E-state index contributed by atoms with van der Waals surface area (Å²) in [7, 11) is 0. The van der Waals surface area contributed by atoms with E-state index in [1.807, 2.05) is 0 Å². The van der Waals surface area contributed by atoms with Gasteiger partial charge in [-0.1, -0.05) is 0 Å². The molecule has 0 aromatic rings. The van der Waals surface area contributed by atoms with E-state index in [-0.39, 0.29) is 11.6 Å². The quantitative estimate of drug-likeness (QED) is 0.535. The highest BCUT2D eigenvalue weighted by molar-refractivity contribution is 6.24. The van der Waals surface area contributed by atoms with Crippen LogP contribution in [0.2, 0.25) is 0 Å². The molecule has 2 bridgehead atoms. The Bertz CT molecular complexity index is 380. The Morgan fingerprint density at radius 3 is 2.17 bits per heavy atom. The molecule has 0 unspecified atom stereocenters. The second-order valence-corrected chi connectivity index (χ2v) is 3.56. The maximum atomic E-state index is 11.5. The van der Waals surface area contributed by atoms with Gasteiger partial charge in [0.15, 0.2) is 11.6 Å². The fourth-order valence-electron chi connectivity index (χ4n) is 2.49. The molecule has 0 amide bonds. The Morgan fingerprint density at radius 1 is 0.750 bits per heavy atom. The lowest BCUT2D eigenvalue weighted by atomic mass is 10.0. The first-order chi connectivity index (χ1) is 5.79. The number of rotatable bonds is 0. The number of allylic oxidation sites excluding steroid dienone is 4. The van der Waals surface area contributed by atoms with Crippen molar-refractivity contribution in [1.29, 1.82) is 0 Å². The Hall–Kier alpha value is -1.18. The molecular weight excluding hydrogens is 152 g/mol. The van der Waals surface area contributed by atoms with E-state index >= 15 is 0 Å². The van der Waals surface area contributed by atoms with E-state index in [1.165, 1.54) is 0 Å². The van der Waals surface area contributed by atoms with Crippen LogP contribution in [-0.4, -0.2) is 11.6 Å². The molecule has 0 heterocycles. The molecule has 2 saturated carbocycles. The van der Waals surface area contributed by atoms with E-state index in [0.717, 1.165) is 41.6 Å². The van der Waals surface area contributed by atoms with Crippen LogP contribution in [0.3, 0.4) is 0 Å². The Balaban J connectivity index is 2.33. The van der Waals surface area contributed by atoms with Crippen molar-refractivity contribution in [3.05, 3.63) is 22.3 Å². The van der Waals surface area contributed by atoms with Gasteiger partial charge in [-0.2, -0.15) is 0 Å². The van der Waals surface area contributed by atoms with Crippen molar-refractivity contribution < 1.29 is 9.59 Å². The van der Waals surface area contributed by atoms with Gasteiger partial charge in [0.25, 0.3) is 0 Å². The maximum Gasteiger partial charge on any atom is 0.186 e. The first-order valence-electron chi connectivity index (χ1n) is 4.32. The third kappa shape index (κ3) is 0.501. The van der Waals surface area contributed by atoms with Gasteiger partial charge in [0, 0.05) is 23.1 Å². The molecule has 2 heteroatoms. The van der Waals surface area contributed by atoms with Crippen LogP contribution in [0, 0.1) is 0 Å². The van der Waals surface area contributed by atoms with Crippen LogP contribution in [0.25, 0.3) is 0 Å². The molecular formula is C10H8O2. The highest BCUT2D eigenvalue weighted by Crippen LogP contribution is 2.46. The summed E-state index contributed by atoms with van der Waals surface area (Å²) in [5.41, 5.74) is 3.67. The van der Waals surface area contributed by atoms with Crippen molar-refractivity contribution >= 4 is 11.6 Å². The van der Waals surface area contributed by atoms with E-state index in [0.29, 0.717) is 6.42 Å². The summed E-state index contributed by atoms with van der Waals surface area (Å²) in [6.45, 7) is 0. The molecule has 0 aliphatic heterocycles. The summed E-state index contributed by atoms with van der Waals surface area (Å²) < 4.78 is 0. The number of carbonyl (C=O) groups excluding carboxylic acids is 2. The monoisotopic (exact) mass is 160 g/mol. The molecule has 0 aromatic heterocycles. The number of fused-ring (bicyclic) bond motifs is 3. The molecule has 2 fully saturated rings. The third-order valence-corrected chi connectivity index (χ3v) is 3.02. The van der Waals surface area contributed by atoms with Crippen molar-refractivity contribution in [3.63, 3.8) is 0 Å². The lowest BCUT2D eigenvalue weighted by molar-refractivity contribution is -0.115. The van der Waals surface area contributed by atoms with Crippen molar-refractivity contribution in [2.75, 3.05) is 0 Å². The number of ketones is 2. The average molecular weight is 160 g/mol. The fraction of sp³-hybridized carbons (Fsp3) is 0.400. The van der Waals surface area contributed by atoms with Crippen LogP contribution >= 0.6 is 0 Å². The summed E-state index contributed by atoms with van der Waals surface area (Å²) in [5.74, 6) is 0.371. The summed E-state index contributed by atoms with van der Waals surface area (Å²) in [5, 5.41) is 0. The molecule has 0 spiro atoms. The SMILES string of the molecule is O=C1CCC2=C3CCC(=C12)C3=O. The molecule has 0 radical (unpaired) electrons. The minimum Gasteiger partial charge on any atom is -0.294 e. The van der Waals surface area contributed by atoms with Gasteiger partial charge in [-0.15, -0.1) is 0 Å². The molecule has 0 saturated heterocycles. The van der Waals surface area contributed by atoms with Crippen LogP contribution in [0.4, 0.5) is 0 Å². The van der Waals surface area contributed by atoms with Gasteiger partial charge < -0.3 is 0 Å². The van der Waals surface area contributed by atoms with Crippen LogP contribution < -0.4 is 0 Å². The first-order valence-corrected chi connectivity index (χ1v) is 4.32. The molecule has 12 heavy (non-hydrogen) atoms. The molecule has 3 rings (SSSR count). The van der Waals surface area contributed by atoms with E-state index in [1.54, 1.807) is 0 Å². The van der Waals surface area contributed by atoms with Crippen molar-refractivity contribution in [1.82, 2.24) is 0 Å². The van der Waals surface area contributed by atoms with Crippen LogP contribution in [0.5, 0.6) is 0 Å². The minimum absolute atomic E-state index is 0.174. The van der Waals surface area contributed by atoms with Gasteiger partial charge in [-0.3, -0.25) is 9.59 Å². The fourth-order valence-corrected chi connectivity index (χ4v) is 2.49. The summed E-state index contributed by atoms with van der Waals surface area (Å²) in [4.78, 5) is 22.8. The topological polar surface area (TPSA) is 34.1 Å². The van der Waals surface area contributed by atoms with Crippen molar-refractivity contribution in [2.45, 2.75) is 25.7 Å². The van der Waals surface area contributed by atoms with Crippen LogP contribution in [0.15, 0.2) is 22.3 Å². The van der Waals surface area contributed by atoms with E-state index in [9.17, 15) is 9.59 Å². The minimum atomic E-state index is 0.174. The number of Topliss-reactive ketones (excluding diaryl/α,β-unsaturated/α-hetero) is 2. The normalized spacial score (nSPS) is 26.3. The lowest BCUT2D eigenvalue weighted by Gasteiger charge is -2.01. The zero-order chi connectivity index (χ0) is 8.29. The average Bonchev–Trinajstić information content (AvgIpc) is 2.66. The molecule has 60 valence electrons. The Kier molecular flexibility index (Phi) is 0.932. The third-order valence-electron chi connectivity index (χ3n) is 3.02. The largest absolute Gasteiger partial charge is 0.294 e. The summed E-state index contributed by atoms with van der Waals surface area (Å²) in [6.07, 6.45) is 3.16. The van der Waals surface area contributed by atoms with Gasteiger partial charge in [0.2, 0.25) is 0 Å². The number of hydrogen-bond donors (Lipinski definition) is 0. The standard InChI is InChI=1S/C10H8O2/c11-8-4-3-5-6-1-2-7(9(5)8)10(6)12/h1-4H2. The van der Waals surface area contributed by atoms with Gasteiger partial charge in [-0.25, -0.2) is 0 Å². The molecule has 0 aromatic carbocycles. The van der Waals surface area contributed by atoms with Gasteiger partial charge >= 0.3 is 0 Å². The van der Waals surface area contributed by atoms with Gasteiger partial charge in [0.05, 0.1) is 0 Å².